The van der Waals surface area contributed by atoms with Crippen molar-refractivity contribution in [2.75, 3.05) is 0 Å². The van der Waals surface area contributed by atoms with Crippen LogP contribution < -0.4 is 0 Å². The standard InChI is InChI=1S/C22H20/c1-17-15-21(19-9-5-3-6-10-19)13-14-22(16-18(17)2)20-11-7-4-8-12-20/h3-12,15-16H,1-2,13-14H2/b21-15+,22-16+. The third-order valence-electron chi connectivity index (χ3n) is 4.06. The Morgan fingerprint density at radius 1 is 0.545 bits per heavy atom. The molecule has 3 rings (SSSR count). The molecule has 0 nitrogen and oxygen atoms in total. The largest absolute Gasteiger partial charge is 0.0912 e. The van der Waals surface area contributed by atoms with E-state index in [1.807, 2.05) is 0 Å². The van der Waals surface area contributed by atoms with Gasteiger partial charge in [0.15, 0.2) is 0 Å². The van der Waals surface area contributed by atoms with Crippen LogP contribution in [0.4, 0.5) is 0 Å². The fraction of sp³-hybridized carbons (Fsp3) is 0.0909. The summed E-state index contributed by atoms with van der Waals surface area (Å²) >= 11 is 0. The summed E-state index contributed by atoms with van der Waals surface area (Å²) < 4.78 is 0. The van der Waals surface area contributed by atoms with Crippen molar-refractivity contribution in [3.05, 3.63) is 108 Å². The Morgan fingerprint density at radius 2 is 0.909 bits per heavy atom. The van der Waals surface area contributed by atoms with Crippen LogP contribution in [-0.2, 0) is 0 Å². The van der Waals surface area contributed by atoms with E-state index in [4.69, 9.17) is 0 Å². The van der Waals surface area contributed by atoms with E-state index in [2.05, 4.69) is 86.0 Å². The Morgan fingerprint density at radius 3 is 1.27 bits per heavy atom. The molecule has 108 valence electrons. The molecule has 0 saturated carbocycles. The van der Waals surface area contributed by atoms with Crippen LogP contribution in [0.3, 0.4) is 0 Å². The summed E-state index contributed by atoms with van der Waals surface area (Å²) in [4.78, 5) is 0. The summed E-state index contributed by atoms with van der Waals surface area (Å²) in [5.74, 6) is 0. The van der Waals surface area contributed by atoms with Gasteiger partial charge in [0.05, 0.1) is 0 Å². The first-order valence-corrected chi connectivity index (χ1v) is 7.64. The number of hydrogen-bond donors (Lipinski definition) is 0. The van der Waals surface area contributed by atoms with Gasteiger partial charge in [0, 0.05) is 0 Å². The molecule has 0 N–H and O–H groups in total. The molecule has 22 heavy (non-hydrogen) atoms. The van der Waals surface area contributed by atoms with Crippen molar-refractivity contribution >= 4 is 11.1 Å². The molecule has 0 aromatic heterocycles. The molecule has 0 radical (unpaired) electrons. The molecule has 0 saturated heterocycles. The summed E-state index contributed by atoms with van der Waals surface area (Å²) in [7, 11) is 0. The highest BCUT2D eigenvalue weighted by molar-refractivity contribution is 5.77. The van der Waals surface area contributed by atoms with Crippen LogP contribution >= 0.6 is 0 Å². The van der Waals surface area contributed by atoms with Crippen molar-refractivity contribution in [2.24, 2.45) is 0 Å². The predicted molar refractivity (Wildman–Crippen MR) is 96.4 cm³/mol. The Labute approximate surface area is 132 Å². The van der Waals surface area contributed by atoms with E-state index in [9.17, 15) is 0 Å². The van der Waals surface area contributed by atoms with Crippen molar-refractivity contribution in [1.82, 2.24) is 0 Å². The highest BCUT2D eigenvalue weighted by Crippen LogP contribution is 2.32. The number of rotatable bonds is 2. The van der Waals surface area contributed by atoms with Crippen molar-refractivity contribution in [1.29, 1.82) is 0 Å². The summed E-state index contributed by atoms with van der Waals surface area (Å²) in [5, 5.41) is 0. The smallest absolute Gasteiger partial charge is 0.0224 e. The van der Waals surface area contributed by atoms with Crippen LogP contribution in [0, 0.1) is 0 Å². The molecule has 0 fully saturated rings. The zero-order chi connectivity index (χ0) is 15.4. The molecule has 0 aliphatic heterocycles. The van der Waals surface area contributed by atoms with Gasteiger partial charge in [-0.25, -0.2) is 0 Å². The Balaban J connectivity index is 1.95. The predicted octanol–water partition coefficient (Wildman–Crippen LogP) is 6.06. The van der Waals surface area contributed by atoms with E-state index >= 15 is 0 Å². The van der Waals surface area contributed by atoms with Gasteiger partial charge in [-0.3, -0.25) is 0 Å². The molecule has 1 aliphatic rings. The molecule has 2 aromatic rings. The maximum absolute atomic E-state index is 4.18. The highest BCUT2D eigenvalue weighted by atomic mass is 14.2. The van der Waals surface area contributed by atoms with E-state index < -0.39 is 0 Å². The van der Waals surface area contributed by atoms with Crippen LogP contribution in [0.25, 0.3) is 11.1 Å². The van der Waals surface area contributed by atoms with E-state index in [1.165, 1.54) is 22.3 Å². The average Bonchev–Trinajstić information content (AvgIpc) is 2.57. The van der Waals surface area contributed by atoms with E-state index in [0.29, 0.717) is 0 Å². The minimum Gasteiger partial charge on any atom is -0.0912 e. The molecule has 0 amide bonds. The van der Waals surface area contributed by atoms with Gasteiger partial charge in [-0.1, -0.05) is 86.0 Å². The second-order valence-corrected chi connectivity index (χ2v) is 5.62. The topological polar surface area (TPSA) is 0 Å². The van der Waals surface area contributed by atoms with Crippen molar-refractivity contribution in [2.45, 2.75) is 12.8 Å². The van der Waals surface area contributed by atoms with E-state index in [1.54, 1.807) is 0 Å². The lowest BCUT2D eigenvalue weighted by Crippen LogP contribution is -1.95. The lowest BCUT2D eigenvalue weighted by molar-refractivity contribution is 1.08. The van der Waals surface area contributed by atoms with Crippen LogP contribution in [0.15, 0.2) is 97.1 Å². The van der Waals surface area contributed by atoms with Gasteiger partial charge in [-0.05, 0) is 46.3 Å². The summed E-state index contributed by atoms with van der Waals surface area (Å²) in [6.45, 7) is 8.36. The zero-order valence-corrected chi connectivity index (χ0v) is 12.8. The van der Waals surface area contributed by atoms with Crippen molar-refractivity contribution < 1.29 is 0 Å². The average molecular weight is 284 g/mol. The highest BCUT2D eigenvalue weighted by Gasteiger charge is 2.11. The fourth-order valence-corrected chi connectivity index (χ4v) is 2.78. The van der Waals surface area contributed by atoms with Crippen LogP contribution in [0.2, 0.25) is 0 Å². The summed E-state index contributed by atoms with van der Waals surface area (Å²) in [6, 6.07) is 21.1. The van der Waals surface area contributed by atoms with Crippen LogP contribution in [0.5, 0.6) is 0 Å². The summed E-state index contributed by atoms with van der Waals surface area (Å²) in [5.41, 5.74) is 7.18. The first-order chi connectivity index (χ1) is 10.7. The number of benzene rings is 2. The first-order valence-electron chi connectivity index (χ1n) is 7.64. The molecule has 0 atom stereocenters. The number of allylic oxidation sites excluding steroid dienone is 6. The molecule has 0 bridgehead atoms. The normalized spacial score (nSPS) is 20.4. The molecule has 1 aliphatic carbocycles. The minimum absolute atomic E-state index is 0.993. The lowest BCUT2D eigenvalue weighted by Gasteiger charge is -2.16. The summed E-state index contributed by atoms with van der Waals surface area (Å²) in [6.07, 6.45) is 6.37. The maximum Gasteiger partial charge on any atom is -0.0224 e. The Kier molecular flexibility index (Phi) is 4.20. The molecular weight excluding hydrogens is 264 g/mol. The molecular formula is C22H20. The number of hydrogen-bond acceptors (Lipinski definition) is 0. The van der Waals surface area contributed by atoms with E-state index in [-0.39, 0.29) is 0 Å². The van der Waals surface area contributed by atoms with Crippen molar-refractivity contribution in [3.63, 3.8) is 0 Å². The maximum atomic E-state index is 4.18. The van der Waals surface area contributed by atoms with Gasteiger partial charge in [-0.2, -0.15) is 0 Å². The quantitative estimate of drug-likeness (QED) is 0.628. The van der Waals surface area contributed by atoms with Crippen LogP contribution in [0.1, 0.15) is 24.0 Å². The second kappa shape index (κ2) is 6.44. The minimum atomic E-state index is 0.993. The van der Waals surface area contributed by atoms with E-state index in [0.717, 1.165) is 24.0 Å². The molecule has 0 spiro atoms. The second-order valence-electron chi connectivity index (χ2n) is 5.62. The zero-order valence-electron chi connectivity index (χ0n) is 12.8. The van der Waals surface area contributed by atoms with Gasteiger partial charge in [0.25, 0.3) is 0 Å². The Bertz CT molecular complexity index is 676. The third-order valence-corrected chi connectivity index (χ3v) is 4.06. The van der Waals surface area contributed by atoms with Gasteiger partial charge < -0.3 is 0 Å². The van der Waals surface area contributed by atoms with Gasteiger partial charge in [0.2, 0.25) is 0 Å². The first kappa shape index (κ1) is 14.3. The Hall–Kier alpha value is -2.60. The third kappa shape index (κ3) is 3.17. The molecule has 0 heterocycles. The van der Waals surface area contributed by atoms with Crippen molar-refractivity contribution in [3.8, 4) is 0 Å². The van der Waals surface area contributed by atoms with Gasteiger partial charge >= 0.3 is 0 Å². The SMILES string of the molecule is C=C1/C=C(/c2ccccc2)CC/C(c2ccccc2)=C\C1=C. The molecule has 0 heteroatoms. The molecule has 2 aromatic carbocycles. The fourth-order valence-electron chi connectivity index (χ4n) is 2.78. The van der Waals surface area contributed by atoms with Gasteiger partial charge in [0.1, 0.15) is 0 Å². The van der Waals surface area contributed by atoms with Gasteiger partial charge in [-0.15, -0.1) is 0 Å². The molecule has 0 unspecified atom stereocenters. The van der Waals surface area contributed by atoms with Crippen LogP contribution in [-0.4, -0.2) is 0 Å². The monoisotopic (exact) mass is 284 g/mol. The lowest BCUT2D eigenvalue weighted by atomic mass is 9.88.